The second-order valence-corrected chi connectivity index (χ2v) is 5.46. The van der Waals surface area contributed by atoms with Crippen LogP contribution in [0.4, 0.5) is 19.3 Å². The number of urea groups is 1. The zero-order valence-electron chi connectivity index (χ0n) is 12.6. The molecule has 2 amide bonds. The van der Waals surface area contributed by atoms with Crippen LogP contribution in [0.2, 0.25) is 0 Å². The van der Waals surface area contributed by atoms with E-state index in [1.165, 1.54) is 12.0 Å². The van der Waals surface area contributed by atoms with Crippen LogP contribution >= 0.6 is 0 Å². The van der Waals surface area contributed by atoms with Gasteiger partial charge in [0.15, 0.2) is 17.4 Å². The zero-order valence-corrected chi connectivity index (χ0v) is 12.6. The van der Waals surface area contributed by atoms with Crippen LogP contribution in [-0.2, 0) is 0 Å². The predicted molar refractivity (Wildman–Crippen MR) is 77.9 cm³/mol. The number of carbonyl (C=O) groups is 1. The Bertz CT molecular complexity index is 544. The summed E-state index contributed by atoms with van der Waals surface area (Å²) in [4.78, 5) is 13.6. The number of hydrogen-bond acceptors (Lipinski definition) is 3. The van der Waals surface area contributed by atoms with Crippen molar-refractivity contribution in [3.63, 3.8) is 0 Å². The van der Waals surface area contributed by atoms with Gasteiger partial charge in [0.25, 0.3) is 0 Å². The van der Waals surface area contributed by atoms with E-state index in [-0.39, 0.29) is 17.4 Å². The van der Waals surface area contributed by atoms with Gasteiger partial charge in [-0.3, -0.25) is 0 Å². The van der Waals surface area contributed by atoms with E-state index in [9.17, 15) is 18.7 Å². The molecule has 1 aromatic carbocycles. The van der Waals surface area contributed by atoms with Crippen molar-refractivity contribution in [2.45, 2.75) is 25.9 Å². The number of amides is 2. The van der Waals surface area contributed by atoms with Gasteiger partial charge in [-0.15, -0.1) is 0 Å². The maximum absolute atomic E-state index is 13.8. The number of aliphatic hydroxyl groups is 1. The van der Waals surface area contributed by atoms with E-state index in [0.29, 0.717) is 25.9 Å². The molecule has 0 aliphatic carbocycles. The molecule has 1 atom stereocenters. The normalized spacial score (nSPS) is 17.2. The number of benzene rings is 1. The number of carbonyl (C=O) groups excluding carboxylic acids is 1. The maximum atomic E-state index is 13.8. The molecule has 0 bridgehead atoms. The fourth-order valence-corrected chi connectivity index (χ4v) is 2.56. The highest BCUT2D eigenvalue weighted by Crippen LogP contribution is 2.26. The first-order valence-corrected chi connectivity index (χ1v) is 7.19. The van der Waals surface area contributed by atoms with Gasteiger partial charge in [0, 0.05) is 25.2 Å². The number of halogens is 2. The predicted octanol–water partition coefficient (Wildman–Crippen LogP) is 2.60. The van der Waals surface area contributed by atoms with Crippen LogP contribution < -0.4 is 10.1 Å². The highest BCUT2D eigenvalue weighted by Gasteiger charge is 2.26. The van der Waals surface area contributed by atoms with Gasteiger partial charge >= 0.3 is 6.03 Å². The number of rotatable bonds is 3. The lowest BCUT2D eigenvalue weighted by Crippen LogP contribution is -2.43. The van der Waals surface area contributed by atoms with E-state index in [2.05, 4.69) is 10.1 Å². The van der Waals surface area contributed by atoms with Crippen LogP contribution in [0.15, 0.2) is 12.1 Å². The Balaban J connectivity index is 2.00. The first-order valence-electron chi connectivity index (χ1n) is 7.19. The number of nitrogens with one attached hydrogen (secondary N) is 1. The monoisotopic (exact) mass is 314 g/mol. The lowest BCUT2D eigenvalue weighted by Gasteiger charge is -2.33. The average molecular weight is 314 g/mol. The van der Waals surface area contributed by atoms with E-state index < -0.39 is 23.8 Å². The molecule has 1 heterocycles. The van der Waals surface area contributed by atoms with Gasteiger partial charge in [0.2, 0.25) is 0 Å². The topological polar surface area (TPSA) is 61.8 Å². The average Bonchev–Trinajstić information content (AvgIpc) is 2.50. The Morgan fingerprint density at radius 1 is 1.36 bits per heavy atom. The quantitative estimate of drug-likeness (QED) is 0.901. The minimum atomic E-state index is -0.759. The van der Waals surface area contributed by atoms with Crippen molar-refractivity contribution in [3.05, 3.63) is 23.8 Å². The molecule has 5 nitrogen and oxygen atoms in total. The van der Waals surface area contributed by atoms with Crippen LogP contribution in [-0.4, -0.2) is 42.3 Å². The minimum absolute atomic E-state index is 0.166. The van der Waals surface area contributed by atoms with Gasteiger partial charge in [0.1, 0.15) is 0 Å². The molecule has 1 aromatic rings. The van der Waals surface area contributed by atoms with Gasteiger partial charge in [-0.05, 0) is 25.7 Å². The number of nitrogens with zero attached hydrogens (tertiary/aromatic N) is 1. The summed E-state index contributed by atoms with van der Waals surface area (Å²) in [6, 6.07) is 1.31. The number of ether oxygens (including phenoxy) is 1. The lowest BCUT2D eigenvalue weighted by molar-refractivity contribution is 0.0820. The molecule has 1 aliphatic heterocycles. The molecule has 1 aliphatic rings. The Hall–Kier alpha value is -1.89. The van der Waals surface area contributed by atoms with E-state index in [0.717, 1.165) is 12.1 Å². The largest absolute Gasteiger partial charge is 0.494 e. The standard InChI is InChI=1S/C15H20F2N2O3/c1-9(20)10-3-5-19(6-4-10)15(21)18-13-7-12(17)14(22-2)8-11(13)16/h7-10,20H,3-6H2,1-2H3,(H,18,21). The van der Waals surface area contributed by atoms with E-state index in [1.54, 1.807) is 6.92 Å². The van der Waals surface area contributed by atoms with Crippen molar-refractivity contribution in [2.75, 3.05) is 25.5 Å². The molecule has 7 heteroatoms. The molecule has 0 aromatic heterocycles. The molecule has 1 fully saturated rings. The molecule has 22 heavy (non-hydrogen) atoms. The van der Waals surface area contributed by atoms with Crippen LogP contribution in [0.1, 0.15) is 19.8 Å². The second kappa shape index (κ2) is 6.91. The van der Waals surface area contributed by atoms with Gasteiger partial charge in [0.05, 0.1) is 18.9 Å². The van der Waals surface area contributed by atoms with E-state index >= 15 is 0 Å². The molecular formula is C15H20F2N2O3. The Morgan fingerprint density at radius 2 is 2.00 bits per heavy atom. The van der Waals surface area contributed by atoms with E-state index in [4.69, 9.17) is 0 Å². The maximum Gasteiger partial charge on any atom is 0.321 e. The fraction of sp³-hybridized carbons (Fsp3) is 0.533. The summed E-state index contributed by atoms with van der Waals surface area (Å²) in [7, 11) is 1.24. The minimum Gasteiger partial charge on any atom is -0.494 e. The summed E-state index contributed by atoms with van der Waals surface area (Å²) in [5.41, 5.74) is -0.221. The Kier molecular flexibility index (Phi) is 5.18. The summed E-state index contributed by atoms with van der Waals surface area (Å²) in [6.45, 7) is 2.68. The summed E-state index contributed by atoms with van der Waals surface area (Å²) in [6.07, 6.45) is 0.966. The number of piperidine rings is 1. The molecule has 1 saturated heterocycles. The van der Waals surface area contributed by atoms with Crippen LogP contribution in [0.5, 0.6) is 5.75 Å². The first kappa shape index (κ1) is 16.5. The molecule has 0 saturated carbocycles. The summed E-state index contributed by atoms with van der Waals surface area (Å²) in [5.74, 6) is -1.55. The zero-order chi connectivity index (χ0) is 16.3. The van der Waals surface area contributed by atoms with Gasteiger partial charge in [-0.1, -0.05) is 0 Å². The molecule has 2 N–H and O–H groups in total. The summed E-state index contributed by atoms with van der Waals surface area (Å²) in [5, 5.41) is 11.9. The van der Waals surface area contributed by atoms with Crippen molar-refractivity contribution in [1.29, 1.82) is 0 Å². The lowest BCUT2D eigenvalue weighted by atomic mass is 9.92. The third-order valence-corrected chi connectivity index (χ3v) is 3.99. The smallest absolute Gasteiger partial charge is 0.321 e. The fourth-order valence-electron chi connectivity index (χ4n) is 2.56. The Labute approximate surface area is 127 Å². The molecule has 122 valence electrons. The third kappa shape index (κ3) is 3.65. The van der Waals surface area contributed by atoms with Crippen molar-refractivity contribution in [1.82, 2.24) is 4.90 Å². The Morgan fingerprint density at radius 3 is 2.55 bits per heavy atom. The van der Waals surface area contributed by atoms with Gasteiger partial charge in [-0.2, -0.15) is 0 Å². The molecule has 0 spiro atoms. The highest BCUT2D eigenvalue weighted by molar-refractivity contribution is 5.89. The van der Waals surface area contributed by atoms with Crippen molar-refractivity contribution < 1.29 is 23.4 Å². The molecule has 1 unspecified atom stereocenters. The number of aliphatic hydroxyl groups excluding tert-OH is 1. The molecular weight excluding hydrogens is 294 g/mol. The van der Waals surface area contributed by atoms with Crippen molar-refractivity contribution >= 4 is 11.7 Å². The van der Waals surface area contributed by atoms with Crippen LogP contribution in [0, 0.1) is 17.6 Å². The first-order chi connectivity index (χ1) is 10.4. The molecule has 2 rings (SSSR count). The van der Waals surface area contributed by atoms with Gasteiger partial charge < -0.3 is 20.1 Å². The third-order valence-electron chi connectivity index (χ3n) is 3.99. The highest BCUT2D eigenvalue weighted by atomic mass is 19.1. The van der Waals surface area contributed by atoms with E-state index in [1.807, 2.05) is 0 Å². The number of methoxy groups -OCH3 is 1. The van der Waals surface area contributed by atoms with Crippen molar-refractivity contribution in [2.24, 2.45) is 5.92 Å². The van der Waals surface area contributed by atoms with Gasteiger partial charge in [-0.25, -0.2) is 13.6 Å². The number of likely N-dealkylation sites (tertiary alicyclic amines) is 1. The number of hydrogen-bond donors (Lipinski definition) is 2. The number of anilines is 1. The van der Waals surface area contributed by atoms with Crippen LogP contribution in [0.3, 0.4) is 0 Å². The van der Waals surface area contributed by atoms with Crippen molar-refractivity contribution in [3.8, 4) is 5.75 Å². The summed E-state index contributed by atoms with van der Waals surface area (Å²) < 4.78 is 32.1. The second-order valence-electron chi connectivity index (χ2n) is 5.46. The van der Waals surface area contributed by atoms with Crippen LogP contribution in [0.25, 0.3) is 0 Å². The molecule has 0 radical (unpaired) electrons. The SMILES string of the molecule is COc1cc(F)c(NC(=O)N2CCC(C(C)O)CC2)cc1F. The summed E-state index contributed by atoms with van der Waals surface area (Å²) >= 11 is 0.